The number of nitrogens with two attached hydrogens (primary N) is 2. The zero-order chi connectivity index (χ0) is 16.5. The minimum Gasteiger partial charge on any atom is -0.478 e. The van der Waals surface area contributed by atoms with Gasteiger partial charge in [0, 0.05) is 5.69 Å². The van der Waals surface area contributed by atoms with E-state index in [-0.39, 0.29) is 21.8 Å². The van der Waals surface area contributed by atoms with Crippen LogP contribution in [0.1, 0.15) is 15.9 Å². The lowest BCUT2D eigenvalue weighted by molar-refractivity contribution is 0.0696. The van der Waals surface area contributed by atoms with Gasteiger partial charge in [-0.25, -0.2) is 18.4 Å². The monoisotopic (exact) mass is 321 g/mol. The van der Waals surface area contributed by atoms with E-state index < -0.39 is 16.0 Å². The number of carbonyl (C=O) groups is 1. The molecule has 0 aliphatic rings. The van der Waals surface area contributed by atoms with E-state index in [1.54, 1.807) is 18.2 Å². The molecule has 0 aromatic heterocycles. The highest BCUT2D eigenvalue weighted by Gasteiger charge is 2.20. The Morgan fingerprint density at radius 3 is 2.45 bits per heavy atom. The van der Waals surface area contributed by atoms with Gasteiger partial charge < -0.3 is 16.2 Å². The van der Waals surface area contributed by atoms with E-state index in [0.717, 1.165) is 11.6 Å². The van der Waals surface area contributed by atoms with Crippen molar-refractivity contribution in [2.45, 2.75) is 11.8 Å². The maximum absolute atomic E-state index is 11.7. The van der Waals surface area contributed by atoms with Crippen LogP contribution in [0.15, 0.2) is 41.3 Å². The van der Waals surface area contributed by atoms with E-state index in [2.05, 4.69) is 5.32 Å². The first-order valence-corrected chi connectivity index (χ1v) is 7.76. The number of nitrogens with one attached hydrogen (secondary N) is 1. The van der Waals surface area contributed by atoms with Gasteiger partial charge in [0.05, 0.1) is 16.9 Å². The number of aromatic carboxylic acids is 1. The Kier molecular flexibility index (Phi) is 4.07. The summed E-state index contributed by atoms with van der Waals surface area (Å²) in [5.41, 5.74) is 7.15. The van der Waals surface area contributed by atoms with Crippen LogP contribution in [-0.2, 0) is 10.0 Å². The standard InChI is InChI=1S/C14H15N3O4S/c1-8-3-2-4-10(5-8)17-13-11(15)6-9(14(18)19)7-12(13)22(16,20)21/h2-7,17H,15H2,1H3,(H,18,19)(H2,16,20,21). The van der Waals surface area contributed by atoms with Crippen molar-refractivity contribution in [1.82, 2.24) is 0 Å². The fraction of sp³-hybridized carbons (Fsp3) is 0.0714. The molecule has 116 valence electrons. The fourth-order valence-electron chi connectivity index (χ4n) is 1.99. The van der Waals surface area contributed by atoms with Crippen molar-refractivity contribution in [1.29, 1.82) is 0 Å². The number of benzene rings is 2. The van der Waals surface area contributed by atoms with Crippen molar-refractivity contribution >= 4 is 33.1 Å². The molecule has 0 heterocycles. The molecule has 22 heavy (non-hydrogen) atoms. The number of aryl methyl sites for hydroxylation is 1. The van der Waals surface area contributed by atoms with Crippen LogP contribution in [0.3, 0.4) is 0 Å². The summed E-state index contributed by atoms with van der Waals surface area (Å²) >= 11 is 0. The third kappa shape index (κ3) is 3.35. The minimum absolute atomic E-state index is 0.0227. The van der Waals surface area contributed by atoms with E-state index in [9.17, 15) is 13.2 Å². The Hall–Kier alpha value is -2.58. The Labute approximate surface area is 127 Å². The fourth-order valence-corrected chi connectivity index (χ4v) is 2.73. The highest BCUT2D eigenvalue weighted by Crippen LogP contribution is 2.32. The molecule has 0 atom stereocenters. The van der Waals surface area contributed by atoms with Gasteiger partial charge in [0.25, 0.3) is 0 Å². The molecule has 0 aliphatic heterocycles. The second kappa shape index (κ2) is 5.66. The van der Waals surface area contributed by atoms with Crippen LogP contribution in [0.2, 0.25) is 0 Å². The second-order valence-corrected chi connectivity index (χ2v) is 6.31. The smallest absolute Gasteiger partial charge is 0.335 e. The van der Waals surface area contributed by atoms with Crippen molar-refractivity contribution in [3.8, 4) is 0 Å². The number of anilines is 3. The number of carboxylic acid groups (broad SMARTS) is 1. The molecule has 0 fully saturated rings. The van der Waals surface area contributed by atoms with E-state index in [1.807, 2.05) is 13.0 Å². The lowest BCUT2D eigenvalue weighted by atomic mass is 10.1. The molecular formula is C14H15N3O4S. The number of sulfonamides is 1. The molecule has 2 rings (SSSR count). The molecule has 0 aliphatic carbocycles. The molecular weight excluding hydrogens is 306 g/mol. The summed E-state index contributed by atoms with van der Waals surface area (Å²) in [5, 5.41) is 17.0. The van der Waals surface area contributed by atoms with Crippen LogP contribution in [-0.4, -0.2) is 19.5 Å². The Bertz CT molecular complexity index is 847. The van der Waals surface area contributed by atoms with Crippen LogP contribution in [0.25, 0.3) is 0 Å². The third-order valence-corrected chi connectivity index (χ3v) is 3.91. The Balaban J connectivity index is 2.62. The van der Waals surface area contributed by atoms with E-state index >= 15 is 0 Å². The molecule has 0 spiro atoms. The van der Waals surface area contributed by atoms with Crippen molar-refractivity contribution in [3.05, 3.63) is 47.5 Å². The number of nitrogen functional groups attached to an aromatic ring is 1. The largest absolute Gasteiger partial charge is 0.478 e. The van der Waals surface area contributed by atoms with E-state index in [4.69, 9.17) is 16.0 Å². The molecule has 7 nitrogen and oxygen atoms in total. The number of hydrogen-bond acceptors (Lipinski definition) is 5. The van der Waals surface area contributed by atoms with Gasteiger partial charge in [0.2, 0.25) is 10.0 Å². The van der Waals surface area contributed by atoms with Crippen LogP contribution >= 0.6 is 0 Å². The second-order valence-electron chi connectivity index (χ2n) is 4.78. The molecule has 8 heteroatoms. The molecule has 0 saturated carbocycles. The van der Waals surface area contributed by atoms with E-state index in [1.165, 1.54) is 6.07 Å². The van der Waals surface area contributed by atoms with Gasteiger partial charge >= 0.3 is 5.97 Å². The molecule has 2 aromatic rings. The zero-order valence-corrected chi connectivity index (χ0v) is 12.5. The number of primary sulfonamides is 1. The quantitative estimate of drug-likeness (QED) is 0.632. The first-order chi connectivity index (χ1) is 10.2. The minimum atomic E-state index is -4.15. The van der Waals surface area contributed by atoms with Gasteiger partial charge in [-0.05, 0) is 36.8 Å². The van der Waals surface area contributed by atoms with Gasteiger partial charge in [-0.3, -0.25) is 0 Å². The molecule has 6 N–H and O–H groups in total. The number of carboxylic acids is 1. The first kappa shape index (κ1) is 15.8. The van der Waals surface area contributed by atoms with E-state index in [0.29, 0.717) is 5.69 Å². The summed E-state index contributed by atoms with van der Waals surface area (Å²) in [4.78, 5) is 10.7. The van der Waals surface area contributed by atoms with Crippen LogP contribution in [0, 0.1) is 6.92 Å². The molecule has 0 amide bonds. The summed E-state index contributed by atoms with van der Waals surface area (Å²) in [6.45, 7) is 1.88. The van der Waals surface area contributed by atoms with Gasteiger partial charge in [-0.2, -0.15) is 0 Å². The van der Waals surface area contributed by atoms with Crippen molar-refractivity contribution in [2.24, 2.45) is 5.14 Å². The predicted molar refractivity (Wildman–Crippen MR) is 83.6 cm³/mol. The summed E-state index contributed by atoms with van der Waals surface area (Å²) in [5.74, 6) is -1.29. The Morgan fingerprint density at radius 2 is 1.91 bits per heavy atom. The lowest BCUT2D eigenvalue weighted by Gasteiger charge is -2.15. The SMILES string of the molecule is Cc1cccc(Nc2c(N)cc(C(=O)O)cc2S(N)(=O)=O)c1. The summed E-state index contributed by atoms with van der Waals surface area (Å²) in [6.07, 6.45) is 0. The maximum atomic E-state index is 11.7. The Morgan fingerprint density at radius 1 is 1.23 bits per heavy atom. The lowest BCUT2D eigenvalue weighted by Crippen LogP contribution is -2.16. The highest BCUT2D eigenvalue weighted by molar-refractivity contribution is 7.89. The number of rotatable bonds is 4. The molecule has 2 aromatic carbocycles. The summed E-state index contributed by atoms with van der Waals surface area (Å²) in [6, 6.07) is 9.34. The van der Waals surface area contributed by atoms with Gasteiger partial charge in [0.1, 0.15) is 4.90 Å². The molecule has 0 saturated heterocycles. The van der Waals surface area contributed by atoms with Gasteiger partial charge in [-0.15, -0.1) is 0 Å². The maximum Gasteiger partial charge on any atom is 0.335 e. The first-order valence-electron chi connectivity index (χ1n) is 6.22. The zero-order valence-electron chi connectivity index (χ0n) is 11.7. The van der Waals surface area contributed by atoms with Crippen LogP contribution < -0.4 is 16.2 Å². The number of hydrogen-bond donors (Lipinski definition) is 4. The van der Waals surface area contributed by atoms with Crippen LogP contribution in [0.4, 0.5) is 17.1 Å². The summed E-state index contributed by atoms with van der Waals surface area (Å²) in [7, 11) is -4.15. The van der Waals surface area contributed by atoms with Crippen molar-refractivity contribution in [2.75, 3.05) is 11.1 Å². The average Bonchev–Trinajstić information content (AvgIpc) is 2.39. The van der Waals surface area contributed by atoms with Gasteiger partial charge in [-0.1, -0.05) is 12.1 Å². The van der Waals surface area contributed by atoms with Crippen molar-refractivity contribution in [3.63, 3.8) is 0 Å². The molecule has 0 bridgehead atoms. The molecule has 0 unspecified atom stereocenters. The average molecular weight is 321 g/mol. The topological polar surface area (TPSA) is 136 Å². The summed E-state index contributed by atoms with van der Waals surface area (Å²) < 4.78 is 23.5. The predicted octanol–water partition coefficient (Wildman–Crippen LogP) is 1.67. The molecule has 0 radical (unpaired) electrons. The normalized spacial score (nSPS) is 11.2. The van der Waals surface area contributed by atoms with Crippen LogP contribution in [0.5, 0.6) is 0 Å². The highest BCUT2D eigenvalue weighted by atomic mass is 32.2. The van der Waals surface area contributed by atoms with Crippen molar-refractivity contribution < 1.29 is 18.3 Å². The van der Waals surface area contributed by atoms with Gasteiger partial charge in [0.15, 0.2) is 0 Å². The third-order valence-electron chi connectivity index (χ3n) is 2.97.